The maximum absolute atomic E-state index is 10.3. The van der Waals surface area contributed by atoms with E-state index in [0.717, 1.165) is 45.6 Å². The summed E-state index contributed by atoms with van der Waals surface area (Å²) in [6.45, 7) is 7.47. The molecule has 0 spiro atoms. The second-order valence-corrected chi connectivity index (χ2v) is 8.00. The van der Waals surface area contributed by atoms with Crippen LogP contribution in [0.2, 0.25) is 0 Å². The molecule has 0 aliphatic carbocycles. The van der Waals surface area contributed by atoms with E-state index in [1.54, 1.807) is 6.07 Å². The number of hydrogen-bond donors (Lipinski definition) is 3. The number of fused-ring (bicyclic) bond motifs is 1. The molecule has 0 unspecified atom stereocenters. The van der Waals surface area contributed by atoms with Crippen molar-refractivity contribution in [3.63, 3.8) is 0 Å². The maximum atomic E-state index is 10.3. The molecule has 2 aromatic carbocycles. The molecule has 0 saturated heterocycles. The fourth-order valence-corrected chi connectivity index (χ4v) is 4.03. The first-order valence-electron chi connectivity index (χ1n) is 9.71. The zero-order valence-corrected chi connectivity index (χ0v) is 17.6. The van der Waals surface area contributed by atoms with Crippen LogP contribution in [0.3, 0.4) is 0 Å². The molecule has 7 heteroatoms. The topological polar surface area (TPSA) is 84.8 Å². The summed E-state index contributed by atoms with van der Waals surface area (Å²) in [5.74, 6) is 1.24. The first kappa shape index (κ1) is 19.4. The van der Waals surface area contributed by atoms with Crippen LogP contribution in [0, 0.1) is 11.7 Å². The Kier molecular flexibility index (Phi) is 5.02. The Morgan fingerprint density at radius 1 is 1.21 bits per heavy atom. The number of aromatic hydroxyl groups is 1. The molecule has 29 heavy (non-hydrogen) atoms. The number of benzene rings is 2. The van der Waals surface area contributed by atoms with Crippen molar-refractivity contribution < 1.29 is 5.11 Å². The molecule has 0 aliphatic heterocycles. The third-order valence-electron chi connectivity index (χ3n) is 5.29. The Bertz CT molecular complexity index is 1250. The van der Waals surface area contributed by atoms with Gasteiger partial charge < -0.3 is 15.4 Å². The summed E-state index contributed by atoms with van der Waals surface area (Å²) in [7, 11) is 0. The Morgan fingerprint density at radius 2 is 2.00 bits per heavy atom. The molecule has 0 radical (unpaired) electrons. The van der Waals surface area contributed by atoms with Crippen molar-refractivity contribution in [1.82, 2.24) is 19.3 Å². The normalized spacial score (nSPS) is 11.6. The SMILES string of the molecule is Cc1cc(O)c(C(C)C)cc1-c1n[nH]c(=S)n1-c1ccc2c(ccn2CCN)c1. The molecule has 2 heterocycles. The van der Waals surface area contributed by atoms with Crippen LogP contribution in [-0.2, 0) is 6.54 Å². The average Bonchev–Trinajstić information content (AvgIpc) is 3.25. The lowest BCUT2D eigenvalue weighted by Crippen LogP contribution is -2.08. The molecule has 6 nitrogen and oxygen atoms in total. The fourth-order valence-electron chi connectivity index (χ4n) is 3.79. The van der Waals surface area contributed by atoms with Crippen molar-refractivity contribution >= 4 is 23.1 Å². The van der Waals surface area contributed by atoms with Crippen LogP contribution in [0.5, 0.6) is 5.75 Å². The van der Waals surface area contributed by atoms with Crippen molar-refractivity contribution in [2.24, 2.45) is 5.73 Å². The van der Waals surface area contributed by atoms with Gasteiger partial charge in [0.2, 0.25) is 0 Å². The number of phenols is 1. The van der Waals surface area contributed by atoms with E-state index < -0.39 is 0 Å². The third kappa shape index (κ3) is 3.36. The Hall–Kier alpha value is -2.90. The number of nitrogens with two attached hydrogens (primary N) is 1. The molecule has 0 amide bonds. The summed E-state index contributed by atoms with van der Waals surface area (Å²) >= 11 is 5.55. The van der Waals surface area contributed by atoms with E-state index in [1.807, 2.05) is 23.6 Å². The van der Waals surface area contributed by atoms with Crippen molar-refractivity contribution in [3.05, 3.63) is 58.5 Å². The number of aryl methyl sites for hydroxylation is 1. The fraction of sp³-hybridized carbons (Fsp3) is 0.273. The van der Waals surface area contributed by atoms with Crippen LogP contribution >= 0.6 is 12.2 Å². The lowest BCUT2D eigenvalue weighted by molar-refractivity contribution is 0.464. The number of rotatable bonds is 5. The highest BCUT2D eigenvalue weighted by molar-refractivity contribution is 7.71. The second kappa shape index (κ2) is 7.50. The molecule has 0 bridgehead atoms. The standard InChI is InChI=1S/C22H25N5OS/c1-13(2)17-12-18(14(3)10-20(17)28)21-24-25-22(29)27(21)16-4-5-19-15(11-16)6-8-26(19)9-7-23/h4-6,8,10-13,28H,7,9,23H2,1-3H3,(H,25,29). The Labute approximate surface area is 174 Å². The van der Waals surface area contributed by atoms with Crippen molar-refractivity contribution in [1.29, 1.82) is 0 Å². The predicted octanol–water partition coefficient (Wildman–Crippen LogP) is 4.65. The highest BCUT2D eigenvalue weighted by Crippen LogP contribution is 2.34. The molecule has 4 rings (SSSR count). The summed E-state index contributed by atoms with van der Waals surface area (Å²) in [5.41, 5.74) is 10.6. The van der Waals surface area contributed by atoms with Crippen molar-refractivity contribution in [2.45, 2.75) is 33.2 Å². The molecule has 4 N–H and O–H groups in total. The van der Waals surface area contributed by atoms with Crippen LogP contribution in [0.1, 0.15) is 30.9 Å². The molecule has 2 aromatic heterocycles. The number of phenolic OH excluding ortho intramolecular Hbond substituents is 1. The molecule has 0 fully saturated rings. The molecule has 0 aliphatic rings. The summed E-state index contributed by atoms with van der Waals surface area (Å²) in [5, 5.41) is 18.9. The van der Waals surface area contributed by atoms with Crippen LogP contribution < -0.4 is 5.73 Å². The van der Waals surface area contributed by atoms with E-state index >= 15 is 0 Å². The first-order chi connectivity index (χ1) is 13.9. The number of aromatic nitrogens is 4. The summed E-state index contributed by atoms with van der Waals surface area (Å²) in [4.78, 5) is 0. The van der Waals surface area contributed by atoms with E-state index in [4.69, 9.17) is 18.0 Å². The molecule has 0 saturated carbocycles. The van der Waals surface area contributed by atoms with Gasteiger partial charge in [-0.1, -0.05) is 13.8 Å². The highest BCUT2D eigenvalue weighted by Gasteiger charge is 2.17. The monoisotopic (exact) mass is 407 g/mol. The molecular formula is C22H25N5OS. The van der Waals surface area contributed by atoms with Gasteiger partial charge in [-0.05, 0) is 72.6 Å². The van der Waals surface area contributed by atoms with E-state index in [0.29, 0.717) is 17.1 Å². The number of H-pyrrole nitrogens is 1. The van der Waals surface area contributed by atoms with Crippen LogP contribution in [0.15, 0.2) is 42.6 Å². The quantitative estimate of drug-likeness (QED) is 0.421. The van der Waals surface area contributed by atoms with Crippen LogP contribution in [-0.4, -0.2) is 31.0 Å². The molecular weight excluding hydrogens is 382 g/mol. The van der Waals surface area contributed by atoms with Gasteiger partial charge in [-0.3, -0.25) is 9.67 Å². The summed E-state index contributed by atoms with van der Waals surface area (Å²) < 4.78 is 4.62. The Balaban J connectivity index is 1.89. The lowest BCUT2D eigenvalue weighted by Gasteiger charge is -2.14. The first-order valence-corrected chi connectivity index (χ1v) is 10.1. The van der Waals surface area contributed by atoms with E-state index in [2.05, 4.69) is 53.0 Å². The summed E-state index contributed by atoms with van der Waals surface area (Å²) in [6.07, 6.45) is 2.05. The molecule has 0 atom stereocenters. The Morgan fingerprint density at radius 3 is 2.72 bits per heavy atom. The van der Waals surface area contributed by atoms with Gasteiger partial charge in [0.15, 0.2) is 10.6 Å². The van der Waals surface area contributed by atoms with E-state index in [1.165, 1.54) is 0 Å². The average molecular weight is 408 g/mol. The minimum Gasteiger partial charge on any atom is -0.508 e. The minimum absolute atomic E-state index is 0.198. The van der Waals surface area contributed by atoms with E-state index in [9.17, 15) is 5.11 Å². The van der Waals surface area contributed by atoms with Crippen LogP contribution in [0.4, 0.5) is 0 Å². The van der Waals surface area contributed by atoms with E-state index in [-0.39, 0.29) is 5.92 Å². The van der Waals surface area contributed by atoms with Crippen LogP contribution in [0.25, 0.3) is 28.0 Å². The van der Waals surface area contributed by atoms with Gasteiger partial charge in [0, 0.05) is 35.8 Å². The highest BCUT2D eigenvalue weighted by atomic mass is 32.1. The zero-order valence-electron chi connectivity index (χ0n) is 16.8. The van der Waals surface area contributed by atoms with Gasteiger partial charge in [-0.2, -0.15) is 5.10 Å². The largest absolute Gasteiger partial charge is 0.508 e. The maximum Gasteiger partial charge on any atom is 0.200 e. The van der Waals surface area contributed by atoms with Gasteiger partial charge in [0.1, 0.15) is 5.75 Å². The van der Waals surface area contributed by atoms with Crippen molar-refractivity contribution in [3.8, 4) is 22.8 Å². The summed E-state index contributed by atoms with van der Waals surface area (Å²) in [6, 6.07) is 12.1. The number of nitrogens with one attached hydrogen (secondary N) is 1. The predicted molar refractivity (Wildman–Crippen MR) is 119 cm³/mol. The van der Waals surface area contributed by atoms with Gasteiger partial charge in [0.25, 0.3) is 0 Å². The van der Waals surface area contributed by atoms with Gasteiger partial charge >= 0.3 is 0 Å². The minimum atomic E-state index is 0.198. The van der Waals surface area contributed by atoms with Gasteiger partial charge in [-0.25, -0.2) is 0 Å². The number of hydrogen-bond acceptors (Lipinski definition) is 4. The number of aromatic amines is 1. The zero-order chi connectivity index (χ0) is 20.7. The third-order valence-corrected chi connectivity index (χ3v) is 5.57. The van der Waals surface area contributed by atoms with Gasteiger partial charge in [-0.15, -0.1) is 0 Å². The van der Waals surface area contributed by atoms with Gasteiger partial charge in [0.05, 0.1) is 5.69 Å². The second-order valence-electron chi connectivity index (χ2n) is 7.61. The smallest absolute Gasteiger partial charge is 0.200 e. The lowest BCUT2D eigenvalue weighted by atomic mass is 9.96. The molecule has 150 valence electrons. The molecule has 4 aromatic rings. The van der Waals surface area contributed by atoms with Crippen molar-refractivity contribution in [2.75, 3.05) is 6.54 Å². The number of nitrogens with zero attached hydrogens (tertiary/aromatic N) is 3.